The van der Waals surface area contributed by atoms with Gasteiger partial charge in [-0.05, 0) is 0 Å². The summed E-state index contributed by atoms with van der Waals surface area (Å²) in [6.45, 7) is 9.34. The summed E-state index contributed by atoms with van der Waals surface area (Å²) in [6, 6.07) is 0. The van der Waals surface area contributed by atoms with Crippen LogP contribution in [0.25, 0.3) is 0 Å². The van der Waals surface area contributed by atoms with Crippen LogP contribution in [0.5, 0.6) is 0 Å². The van der Waals surface area contributed by atoms with E-state index in [-0.39, 0.29) is 0 Å². The van der Waals surface area contributed by atoms with E-state index in [1.54, 1.807) is 0 Å². The van der Waals surface area contributed by atoms with Crippen LogP contribution in [-0.4, -0.2) is 24.4 Å². The summed E-state index contributed by atoms with van der Waals surface area (Å²) in [5.41, 5.74) is 0. The van der Waals surface area contributed by atoms with Gasteiger partial charge in [-0.25, -0.2) is 0 Å². The van der Waals surface area contributed by atoms with Crippen molar-refractivity contribution < 1.29 is 0 Å². The van der Waals surface area contributed by atoms with Gasteiger partial charge in [-0.2, -0.15) is 0 Å². The Bertz CT molecular complexity index is 66.8. The van der Waals surface area contributed by atoms with Gasteiger partial charge in [0.1, 0.15) is 0 Å². The van der Waals surface area contributed by atoms with Crippen molar-refractivity contribution in [1.82, 2.24) is 0 Å². The Morgan fingerprint density at radius 1 is 0.900 bits per heavy atom. The zero-order valence-electron chi connectivity index (χ0n) is 8.15. The van der Waals surface area contributed by atoms with E-state index in [1.807, 2.05) is 0 Å². The van der Waals surface area contributed by atoms with Crippen LogP contribution in [0, 0.1) is 11.8 Å². The van der Waals surface area contributed by atoms with Crippen LogP contribution in [-0.2, 0) is 0 Å². The molecule has 0 aliphatic rings. The second-order valence-corrected chi connectivity index (χ2v) is 9.02. The van der Waals surface area contributed by atoms with Crippen LogP contribution in [0.1, 0.15) is 40.5 Å². The molecular formula is C9H21In. The van der Waals surface area contributed by atoms with Crippen LogP contribution in [0.3, 0.4) is 0 Å². The van der Waals surface area contributed by atoms with Gasteiger partial charge < -0.3 is 0 Å². The normalized spacial score (nSPS) is 11.9. The second kappa shape index (κ2) is 5.51. The van der Waals surface area contributed by atoms with E-state index in [0.29, 0.717) is 0 Å². The molecule has 0 fully saturated rings. The maximum absolute atomic E-state index is 2.34. The van der Waals surface area contributed by atoms with Gasteiger partial charge in [0.2, 0.25) is 0 Å². The molecule has 0 spiro atoms. The Morgan fingerprint density at radius 3 is 1.40 bits per heavy atom. The third-order valence-electron chi connectivity index (χ3n) is 1.75. The van der Waals surface area contributed by atoms with Gasteiger partial charge in [-0.1, -0.05) is 0 Å². The molecule has 0 bridgehead atoms. The minimum atomic E-state index is 0.885. The zero-order valence-corrected chi connectivity index (χ0v) is 13.9. The fourth-order valence-electron chi connectivity index (χ4n) is 1.71. The molecule has 60 valence electrons. The van der Waals surface area contributed by atoms with Crippen LogP contribution in [0.2, 0.25) is 3.67 Å². The minimum absolute atomic E-state index is 0.885. The van der Waals surface area contributed by atoms with E-state index < -0.39 is 0 Å². The molecule has 0 amide bonds. The van der Waals surface area contributed by atoms with Gasteiger partial charge in [0.25, 0.3) is 0 Å². The van der Waals surface area contributed by atoms with Crippen molar-refractivity contribution in [1.29, 1.82) is 0 Å². The van der Waals surface area contributed by atoms with Crippen molar-refractivity contribution in [2.45, 2.75) is 44.2 Å². The molecule has 10 heavy (non-hydrogen) atoms. The Labute approximate surface area is 80.4 Å². The van der Waals surface area contributed by atoms with Gasteiger partial charge in [0.05, 0.1) is 0 Å². The standard InChI is InChI=1S/C9H19.In.2H/c1-8(2)6-5-7-9(3)4;;;/h5,8-9H,6-7H2,1-4H3;;;. The third-order valence-corrected chi connectivity index (χ3v) is 4.44. The zero-order chi connectivity index (χ0) is 8.15. The van der Waals surface area contributed by atoms with E-state index in [4.69, 9.17) is 0 Å². The number of hydrogen-bond acceptors (Lipinski definition) is 0. The number of hydrogen-bond donors (Lipinski definition) is 0. The van der Waals surface area contributed by atoms with E-state index in [1.165, 1.54) is 12.8 Å². The van der Waals surface area contributed by atoms with Crippen molar-refractivity contribution in [2.24, 2.45) is 11.8 Å². The summed E-state index contributed by atoms with van der Waals surface area (Å²) in [5.74, 6) is 1.84. The van der Waals surface area contributed by atoms with Gasteiger partial charge in [0, 0.05) is 0 Å². The Hall–Kier alpha value is 0.870. The summed E-state index contributed by atoms with van der Waals surface area (Å²) < 4.78 is 1.13. The molecule has 0 aromatic rings. The predicted molar refractivity (Wildman–Crippen MR) is 51.2 cm³/mol. The maximum atomic E-state index is 2.34. The summed E-state index contributed by atoms with van der Waals surface area (Å²) in [4.78, 5) is 0. The van der Waals surface area contributed by atoms with Crippen LogP contribution >= 0.6 is 0 Å². The van der Waals surface area contributed by atoms with Gasteiger partial charge in [-0.3, -0.25) is 0 Å². The molecule has 0 radical (unpaired) electrons. The first kappa shape index (κ1) is 10.9. The van der Waals surface area contributed by atoms with Gasteiger partial charge in [0.15, 0.2) is 0 Å². The number of rotatable bonds is 4. The van der Waals surface area contributed by atoms with E-state index in [2.05, 4.69) is 27.7 Å². The molecule has 0 aliphatic carbocycles. The van der Waals surface area contributed by atoms with E-state index in [9.17, 15) is 0 Å². The Morgan fingerprint density at radius 2 is 1.20 bits per heavy atom. The molecule has 0 nitrogen and oxygen atoms in total. The molecule has 0 aromatic heterocycles. The first-order valence-electron chi connectivity index (χ1n) is 4.52. The Balaban J connectivity index is 3.34. The van der Waals surface area contributed by atoms with Crippen molar-refractivity contribution in [3.8, 4) is 0 Å². The molecule has 0 heterocycles. The van der Waals surface area contributed by atoms with Crippen LogP contribution < -0.4 is 0 Å². The van der Waals surface area contributed by atoms with Crippen LogP contribution in [0.15, 0.2) is 0 Å². The first-order valence-corrected chi connectivity index (χ1v) is 7.82. The summed E-state index contributed by atoms with van der Waals surface area (Å²) in [7, 11) is 0. The van der Waals surface area contributed by atoms with Crippen LogP contribution in [0.4, 0.5) is 0 Å². The molecule has 0 N–H and O–H groups in total. The van der Waals surface area contributed by atoms with Crippen molar-refractivity contribution in [3.05, 3.63) is 0 Å². The molecule has 1 heteroatoms. The van der Waals surface area contributed by atoms with E-state index >= 15 is 0 Å². The second-order valence-electron chi connectivity index (χ2n) is 4.36. The van der Waals surface area contributed by atoms with E-state index in [0.717, 1.165) is 39.9 Å². The van der Waals surface area contributed by atoms with Crippen molar-refractivity contribution >= 4 is 24.4 Å². The van der Waals surface area contributed by atoms with Gasteiger partial charge in [-0.15, -0.1) is 0 Å². The molecule has 0 rings (SSSR count). The third kappa shape index (κ3) is 6.98. The summed E-state index contributed by atoms with van der Waals surface area (Å²) in [6.07, 6.45) is 2.96. The average molecular weight is 244 g/mol. The monoisotopic (exact) mass is 244 g/mol. The Kier molecular flexibility index (Phi) is 5.99. The SMILES string of the molecule is CC(C)C[CH]([InH2])CC(C)C. The quantitative estimate of drug-likeness (QED) is 0.712. The molecule has 0 aromatic carbocycles. The van der Waals surface area contributed by atoms with Gasteiger partial charge >= 0.3 is 80.4 Å². The molecule has 0 unspecified atom stereocenters. The summed E-state index contributed by atoms with van der Waals surface area (Å²) >= 11 is 0.885. The molecular weight excluding hydrogens is 223 g/mol. The topological polar surface area (TPSA) is 0 Å². The summed E-state index contributed by atoms with van der Waals surface area (Å²) in [5, 5.41) is 0. The first-order chi connectivity index (χ1) is 4.52. The average Bonchev–Trinajstić information content (AvgIpc) is 1.58. The molecule has 0 saturated carbocycles. The fourth-order valence-corrected chi connectivity index (χ4v) is 7.09. The fraction of sp³-hybridized carbons (Fsp3) is 1.00. The van der Waals surface area contributed by atoms with Crippen molar-refractivity contribution in [3.63, 3.8) is 0 Å². The molecule has 0 aliphatic heterocycles. The molecule has 0 saturated heterocycles. The van der Waals surface area contributed by atoms with Crippen molar-refractivity contribution in [2.75, 3.05) is 0 Å². The molecule has 0 atom stereocenters. The predicted octanol–water partition coefficient (Wildman–Crippen LogP) is 2.50.